The topological polar surface area (TPSA) is 41.5 Å². The third kappa shape index (κ3) is 7.29. The number of benzene rings is 2. The van der Waals surface area contributed by atoms with Gasteiger partial charge in [0.05, 0.1) is 18.8 Å². The lowest BCUT2D eigenvalue weighted by Crippen LogP contribution is -2.32. The van der Waals surface area contributed by atoms with Crippen molar-refractivity contribution in [3.8, 4) is 0 Å². The minimum atomic E-state index is -0.517. The van der Waals surface area contributed by atoms with E-state index in [1.54, 1.807) is 0 Å². The molecule has 2 unspecified atom stereocenters. The number of aliphatic hydroxyl groups excluding tert-OH is 1. The first kappa shape index (κ1) is 21.3. The van der Waals surface area contributed by atoms with Gasteiger partial charge in [0, 0.05) is 28.8 Å². The molecule has 0 aromatic heterocycles. The summed E-state index contributed by atoms with van der Waals surface area (Å²) >= 11 is 7.72. The summed E-state index contributed by atoms with van der Waals surface area (Å²) in [6.07, 6.45) is -0.585. The van der Waals surface area contributed by atoms with Gasteiger partial charge in [0.25, 0.3) is 0 Å². The van der Waals surface area contributed by atoms with Gasteiger partial charge >= 0.3 is 0 Å². The van der Waals surface area contributed by atoms with Gasteiger partial charge in [0.2, 0.25) is 0 Å². The van der Waals surface area contributed by atoms with Crippen LogP contribution in [-0.2, 0) is 4.74 Å². The summed E-state index contributed by atoms with van der Waals surface area (Å²) in [6, 6.07) is 14.1. The van der Waals surface area contributed by atoms with E-state index in [0.717, 1.165) is 17.9 Å². The van der Waals surface area contributed by atoms with Crippen molar-refractivity contribution < 1.29 is 9.84 Å². The van der Waals surface area contributed by atoms with Crippen LogP contribution in [0.5, 0.6) is 0 Å². The van der Waals surface area contributed by atoms with E-state index in [2.05, 4.69) is 37.4 Å². The number of aliphatic hydroxyl groups is 1. The van der Waals surface area contributed by atoms with E-state index in [9.17, 15) is 5.11 Å². The molecule has 0 bridgehead atoms. The number of hydrogen-bond donors (Lipinski definition) is 2. The highest BCUT2D eigenvalue weighted by Gasteiger charge is 2.10. The van der Waals surface area contributed by atoms with Gasteiger partial charge in [-0.2, -0.15) is 0 Å². The first-order valence-corrected chi connectivity index (χ1v) is 10.3. The van der Waals surface area contributed by atoms with Gasteiger partial charge in [-0.15, -0.1) is 11.8 Å². The second kappa shape index (κ2) is 11.0. The first-order chi connectivity index (χ1) is 12.5. The third-order valence-electron chi connectivity index (χ3n) is 4.28. The molecular weight excluding hydrogens is 366 g/mol. The van der Waals surface area contributed by atoms with Crippen LogP contribution in [0, 0.1) is 13.8 Å². The Labute approximate surface area is 166 Å². The zero-order chi connectivity index (χ0) is 18.9. The number of thioether (sulfide) groups is 1. The maximum absolute atomic E-state index is 10.1. The fourth-order valence-electron chi connectivity index (χ4n) is 2.46. The Morgan fingerprint density at radius 3 is 2.54 bits per heavy atom. The summed E-state index contributed by atoms with van der Waals surface area (Å²) in [7, 11) is 0. The van der Waals surface area contributed by atoms with Crippen molar-refractivity contribution in [2.75, 3.05) is 25.4 Å². The summed E-state index contributed by atoms with van der Waals surface area (Å²) in [5.74, 6) is 0.969. The van der Waals surface area contributed by atoms with Crippen molar-refractivity contribution in [1.82, 2.24) is 5.32 Å². The molecule has 0 aliphatic rings. The third-order valence-corrected chi connectivity index (χ3v) is 5.53. The van der Waals surface area contributed by atoms with E-state index in [1.807, 2.05) is 43.0 Å². The van der Waals surface area contributed by atoms with E-state index in [0.29, 0.717) is 18.2 Å². The molecule has 26 heavy (non-hydrogen) atoms. The predicted molar refractivity (Wildman–Crippen MR) is 111 cm³/mol. The zero-order valence-corrected chi connectivity index (χ0v) is 17.2. The van der Waals surface area contributed by atoms with Gasteiger partial charge in [0.1, 0.15) is 0 Å². The standard InChI is InChI=1S/C21H28ClNO2S/c1-15-4-9-21(12-16(15)2)26-11-10-23-13-20(24)14-25-17(3)18-5-7-19(22)8-6-18/h4-9,12,17,20,23-24H,10-11,13-14H2,1-3H3. The zero-order valence-electron chi connectivity index (χ0n) is 15.7. The Bertz CT molecular complexity index is 678. The summed E-state index contributed by atoms with van der Waals surface area (Å²) in [6.45, 7) is 7.93. The second-order valence-electron chi connectivity index (χ2n) is 6.48. The predicted octanol–water partition coefficient (Wildman–Crippen LogP) is 4.78. The van der Waals surface area contributed by atoms with E-state index in [-0.39, 0.29) is 6.10 Å². The van der Waals surface area contributed by atoms with Crippen LogP contribution in [0.15, 0.2) is 47.4 Å². The molecular formula is C21H28ClNO2S. The van der Waals surface area contributed by atoms with Crippen LogP contribution in [-0.4, -0.2) is 36.7 Å². The molecule has 0 saturated heterocycles. The normalized spacial score (nSPS) is 13.6. The fourth-order valence-corrected chi connectivity index (χ4v) is 3.49. The van der Waals surface area contributed by atoms with E-state index in [4.69, 9.17) is 16.3 Å². The lowest BCUT2D eigenvalue weighted by atomic mass is 10.1. The molecule has 0 amide bonds. The van der Waals surface area contributed by atoms with Crippen molar-refractivity contribution in [2.45, 2.75) is 37.9 Å². The molecule has 2 atom stereocenters. The number of rotatable bonds is 10. The van der Waals surface area contributed by atoms with E-state index in [1.165, 1.54) is 16.0 Å². The van der Waals surface area contributed by atoms with Crippen molar-refractivity contribution in [2.24, 2.45) is 0 Å². The van der Waals surface area contributed by atoms with Crippen LogP contribution in [0.1, 0.15) is 29.7 Å². The highest BCUT2D eigenvalue weighted by Crippen LogP contribution is 2.21. The average molecular weight is 394 g/mol. The van der Waals surface area contributed by atoms with Crippen LogP contribution >= 0.6 is 23.4 Å². The van der Waals surface area contributed by atoms with Crippen LogP contribution in [0.2, 0.25) is 5.02 Å². The molecule has 2 N–H and O–H groups in total. The largest absolute Gasteiger partial charge is 0.389 e. The molecule has 0 spiro atoms. The Kier molecular flexibility index (Phi) is 8.96. The Morgan fingerprint density at radius 1 is 1.12 bits per heavy atom. The Hall–Kier alpha value is -1.04. The monoisotopic (exact) mass is 393 g/mol. The number of nitrogens with one attached hydrogen (secondary N) is 1. The van der Waals surface area contributed by atoms with Gasteiger partial charge in [-0.05, 0) is 61.7 Å². The van der Waals surface area contributed by atoms with Crippen LogP contribution < -0.4 is 5.32 Å². The van der Waals surface area contributed by atoms with Crippen LogP contribution in [0.4, 0.5) is 0 Å². The van der Waals surface area contributed by atoms with Gasteiger partial charge < -0.3 is 15.2 Å². The second-order valence-corrected chi connectivity index (χ2v) is 8.08. The lowest BCUT2D eigenvalue weighted by molar-refractivity contribution is -0.00181. The van der Waals surface area contributed by atoms with Gasteiger partial charge in [-0.3, -0.25) is 0 Å². The summed E-state index contributed by atoms with van der Waals surface area (Å²) in [5, 5.41) is 14.1. The van der Waals surface area contributed by atoms with Crippen LogP contribution in [0.25, 0.3) is 0 Å². The quantitative estimate of drug-likeness (QED) is 0.450. The smallest absolute Gasteiger partial charge is 0.0897 e. The number of halogens is 1. The summed E-state index contributed by atoms with van der Waals surface area (Å²) < 4.78 is 5.74. The van der Waals surface area contributed by atoms with Crippen molar-refractivity contribution >= 4 is 23.4 Å². The van der Waals surface area contributed by atoms with E-state index >= 15 is 0 Å². The van der Waals surface area contributed by atoms with E-state index < -0.39 is 6.10 Å². The molecule has 0 fully saturated rings. The molecule has 0 aliphatic carbocycles. The number of ether oxygens (including phenoxy) is 1. The lowest BCUT2D eigenvalue weighted by Gasteiger charge is -2.17. The first-order valence-electron chi connectivity index (χ1n) is 8.91. The molecule has 0 saturated carbocycles. The molecule has 5 heteroatoms. The Morgan fingerprint density at radius 2 is 1.85 bits per heavy atom. The maximum atomic E-state index is 10.1. The minimum Gasteiger partial charge on any atom is -0.389 e. The van der Waals surface area contributed by atoms with Gasteiger partial charge in [-0.1, -0.05) is 29.8 Å². The Balaban J connectivity index is 1.59. The van der Waals surface area contributed by atoms with Crippen molar-refractivity contribution in [1.29, 1.82) is 0 Å². The molecule has 0 radical (unpaired) electrons. The van der Waals surface area contributed by atoms with Crippen molar-refractivity contribution in [3.05, 3.63) is 64.2 Å². The summed E-state index contributed by atoms with van der Waals surface area (Å²) in [4.78, 5) is 1.29. The molecule has 0 heterocycles. The summed E-state index contributed by atoms with van der Waals surface area (Å²) in [5.41, 5.74) is 3.70. The highest BCUT2D eigenvalue weighted by atomic mass is 35.5. The van der Waals surface area contributed by atoms with Crippen molar-refractivity contribution in [3.63, 3.8) is 0 Å². The SMILES string of the molecule is Cc1ccc(SCCNCC(O)COC(C)c2ccc(Cl)cc2)cc1C. The molecule has 2 aromatic carbocycles. The van der Waals surface area contributed by atoms with Gasteiger partial charge in [0.15, 0.2) is 0 Å². The fraction of sp³-hybridized carbons (Fsp3) is 0.429. The molecule has 0 aliphatic heterocycles. The number of aryl methyl sites for hydroxylation is 2. The highest BCUT2D eigenvalue weighted by molar-refractivity contribution is 7.99. The molecule has 142 valence electrons. The van der Waals surface area contributed by atoms with Gasteiger partial charge in [-0.25, -0.2) is 0 Å². The molecule has 2 rings (SSSR count). The van der Waals surface area contributed by atoms with Crippen LogP contribution in [0.3, 0.4) is 0 Å². The maximum Gasteiger partial charge on any atom is 0.0897 e. The average Bonchev–Trinajstić information content (AvgIpc) is 2.63. The molecule has 2 aromatic rings. The number of hydrogen-bond acceptors (Lipinski definition) is 4. The minimum absolute atomic E-state index is 0.0674. The molecule has 3 nitrogen and oxygen atoms in total.